The Hall–Kier alpha value is -2.31. The van der Waals surface area contributed by atoms with E-state index in [9.17, 15) is 18.0 Å². The Bertz CT molecular complexity index is 664. The molecule has 1 aromatic carbocycles. The summed E-state index contributed by atoms with van der Waals surface area (Å²) < 4.78 is 39.7. The van der Waals surface area contributed by atoms with Crippen LogP contribution in [-0.2, 0) is 6.18 Å². The summed E-state index contributed by atoms with van der Waals surface area (Å²) in [6.45, 7) is 3.91. The summed E-state index contributed by atoms with van der Waals surface area (Å²) in [5, 5.41) is 6.71. The number of carbonyl (C=O) groups excluding carboxylic acids is 1. The van der Waals surface area contributed by atoms with Crippen LogP contribution in [0.1, 0.15) is 42.2 Å². The lowest BCUT2D eigenvalue weighted by Gasteiger charge is -2.14. The number of benzene rings is 1. The van der Waals surface area contributed by atoms with Crippen LogP contribution in [0.3, 0.4) is 0 Å². The standard InChI is InChI=1S/C15H16F3N3O/c1-3-10(2)21-13(7-8-19-21)20-14(22)11-5-4-6-12(9-11)15(16,17)18/h4-10H,3H2,1-2H3,(H,20,22). The topological polar surface area (TPSA) is 46.9 Å². The van der Waals surface area contributed by atoms with Crippen LogP contribution in [0.25, 0.3) is 0 Å². The summed E-state index contributed by atoms with van der Waals surface area (Å²) in [5.74, 6) is -0.145. The molecule has 1 atom stereocenters. The smallest absolute Gasteiger partial charge is 0.307 e. The van der Waals surface area contributed by atoms with Crippen LogP contribution in [0.4, 0.5) is 19.0 Å². The Morgan fingerprint density at radius 3 is 2.73 bits per heavy atom. The molecule has 0 saturated heterocycles. The zero-order chi connectivity index (χ0) is 16.3. The number of nitrogens with zero attached hydrogens (tertiary/aromatic N) is 2. The average molecular weight is 311 g/mol. The maximum Gasteiger partial charge on any atom is 0.416 e. The third kappa shape index (κ3) is 3.47. The summed E-state index contributed by atoms with van der Waals surface area (Å²) >= 11 is 0. The first-order valence-electron chi connectivity index (χ1n) is 6.85. The van der Waals surface area contributed by atoms with Gasteiger partial charge in [-0.25, -0.2) is 4.68 Å². The van der Waals surface area contributed by atoms with E-state index in [2.05, 4.69) is 10.4 Å². The third-order valence-electron chi connectivity index (χ3n) is 3.37. The van der Waals surface area contributed by atoms with Crippen LogP contribution in [0, 0.1) is 0 Å². The first-order chi connectivity index (χ1) is 10.3. The maximum absolute atomic E-state index is 12.7. The van der Waals surface area contributed by atoms with Crippen LogP contribution in [0.5, 0.6) is 0 Å². The number of hydrogen-bond acceptors (Lipinski definition) is 2. The zero-order valence-corrected chi connectivity index (χ0v) is 12.2. The third-order valence-corrected chi connectivity index (χ3v) is 3.37. The van der Waals surface area contributed by atoms with Crippen LogP contribution in [0.2, 0.25) is 0 Å². The van der Waals surface area contributed by atoms with Crippen molar-refractivity contribution in [1.29, 1.82) is 0 Å². The highest BCUT2D eigenvalue weighted by Crippen LogP contribution is 2.29. The summed E-state index contributed by atoms with van der Waals surface area (Å²) in [6, 6.07) is 6.00. The van der Waals surface area contributed by atoms with E-state index in [1.54, 1.807) is 10.7 Å². The quantitative estimate of drug-likeness (QED) is 0.923. The Morgan fingerprint density at radius 2 is 2.09 bits per heavy atom. The molecule has 0 aliphatic rings. The molecule has 2 aromatic rings. The zero-order valence-electron chi connectivity index (χ0n) is 12.2. The number of halogens is 3. The molecule has 0 aliphatic carbocycles. The summed E-state index contributed by atoms with van der Waals surface area (Å²) in [6.07, 6.45) is -2.13. The van der Waals surface area contributed by atoms with E-state index in [-0.39, 0.29) is 11.6 Å². The molecule has 0 aliphatic heterocycles. The Morgan fingerprint density at radius 1 is 1.36 bits per heavy atom. The Labute approximate surface area is 125 Å². The van der Waals surface area contributed by atoms with E-state index < -0.39 is 17.6 Å². The van der Waals surface area contributed by atoms with E-state index in [4.69, 9.17) is 0 Å². The molecule has 0 spiro atoms. The normalized spacial score (nSPS) is 13.0. The van der Waals surface area contributed by atoms with Gasteiger partial charge in [-0.3, -0.25) is 4.79 Å². The van der Waals surface area contributed by atoms with Crippen molar-refractivity contribution < 1.29 is 18.0 Å². The largest absolute Gasteiger partial charge is 0.416 e. The van der Waals surface area contributed by atoms with Crippen molar-refractivity contribution in [1.82, 2.24) is 9.78 Å². The van der Waals surface area contributed by atoms with E-state index in [1.807, 2.05) is 13.8 Å². The van der Waals surface area contributed by atoms with E-state index in [1.165, 1.54) is 18.3 Å². The molecule has 0 saturated carbocycles. The first-order valence-corrected chi connectivity index (χ1v) is 6.85. The van der Waals surface area contributed by atoms with Crippen molar-refractivity contribution in [2.75, 3.05) is 5.32 Å². The van der Waals surface area contributed by atoms with Crippen molar-refractivity contribution in [3.8, 4) is 0 Å². The van der Waals surface area contributed by atoms with E-state index >= 15 is 0 Å². The van der Waals surface area contributed by atoms with Gasteiger partial charge in [-0.05, 0) is 31.5 Å². The van der Waals surface area contributed by atoms with Crippen molar-refractivity contribution in [2.24, 2.45) is 0 Å². The monoisotopic (exact) mass is 311 g/mol. The van der Waals surface area contributed by atoms with Crippen LogP contribution < -0.4 is 5.32 Å². The van der Waals surface area contributed by atoms with Crippen molar-refractivity contribution in [3.05, 3.63) is 47.7 Å². The van der Waals surface area contributed by atoms with Gasteiger partial charge in [-0.1, -0.05) is 13.0 Å². The minimum atomic E-state index is -4.48. The van der Waals surface area contributed by atoms with Gasteiger partial charge in [0.05, 0.1) is 17.8 Å². The number of nitrogens with one attached hydrogen (secondary N) is 1. The second kappa shape index (κ2) is 6.21. The van der Waals surface area contributed by atoms with Gasteiger partial charge in [0.15, 0.2) is 0 Å². The molecule has 0 radical (unpaired) electrons. The minimum absolute atomic E-state index is 0.0493. The van der Waals surface area contributed by atoms with Crippen molar-refractivity contribution >= 4 is 11.7 Å². The lowest BCUT2D eigenvalue weighted by atomic mass is 10.1. The first kappa shape index (κ1) is 16.1. The second-order valence-corrected chi connectivity index (χ2v) is 4.95. The number of anilines is 1. The molecule has 2 rings (SSSR count). The van der Waals surface area contributed by atoms with Gasteiger partial charge in [0.1, 0.15) is 5.82 Å². The Kier molecular flexibility index (Phi) is 4.54. The summed E-state index contributed by atoms with van der Waals surface area (Å²) in [4.78, 5) is 12.1. The molecule has 1 heterocycles. The lowest BCUT2D eigenvalue weighted by molar-refractivity contribution is -0.137. The molecule has 118 valence electrons. The van der Waals surface area contributed by atoms with E-state index in [0.717, 1.165) is 18.6 Å². The van der Waals surface area contributed by atoms with Gasteiger partial charge in [-0.2, -0.15) is 18.3 Å². The predicted octanol–water partition coefficient (Wildman–Crippen LogP) is 4.13. The van der Waals surface area contributed by atoms with Crippen LogP contribution in [-0.4, -0.2) is 15.7 Å². The fourth-order valence-corrected chi connectivity index (χ4v) is 1.96. The highest BCUT2D eigenvalue weighted by atomic mass is 19.4. The lowest BCUT2D eigenvalue weighted by Crippen LogP contribution is -2.18. The minimum Gasteiger partial charge on any atom is -0.307 e. The number of hydrogen-bond donors (Lipinski definition) is 1. The number of carbonyl (C=O) groups is 1. The van der Waals surface area contributed by atoms with Gasteiger partial charge in [0.2, 0.25) is 0 Å². The summed E-state index contributed by atoms with van der Waals surface area (Å²) in [5.41, 5.74) is -0.901. The fourth-order valence-electron chi connectivity index (χ4n) is 1.96. The van der Waals surface area contributed by atoms with Crippen molar-refractivity contribution in [2.45, 2.75) is 32.5 Å². The number of aromatic nitrogens is 2. The maximum atomic E-state index is 12.7. The summed E-state index contributed by atoms with van der Waals surface area (Å²) in [7, 11) is 0. The average Bonchev–Trinajstić information content (AvgIpc) is 2.93. The molecule has 7 heteroatoms. The molecular formula is C15H16F3N3O. The molecular weight excluding hydrogens is 295 g/mol. The number of amides is 1. The number of alkyl halides is 3. The van der Waals surface area contributed by atoms with E-state index in [0.29, 0.717) is 5.82 Å². The molecule has 1 unspecified atom stereocenters. The molecule has 1 N–H and O–H groups in total. The highest BCUT2D eigenvalue weighted by molar-refractivity contribution is 6.03. The highest BCUT2D eigenvalue weighted by Gasteiger charge is 2.31. The molecule has 22 heavy (non-hydrogen) atoms. The van der Waals surface area contributed by atoms with Crippen LogP contribution in [0.15, 0.2) is 36.5 Å². The Balaban J connectivity index is 2.22. The van der Waals surface area contributed by atoms with Gasteiger partial charge in [0, 0.05) is 11.6 Å². The van der Waals surface area contributed by atoms with Crippen molar-refractivity contribution in [3.63, 3.8) is 0 Å². The molecule has 0 fully saturated rings. The van der Waals surface area contributed by atoms with Crippen LogP contribution >= 0.6 is 0 Å². The molecule has 0 bridgehead atoms. The van der Waals surface area contributed by atoms with Gasteiger partial charge < -0.3 is 5.32 Å². The fraction of sp³-hybridized carbons (Fsp3) is 0.333. The predicted molar refractivity (Wildman–Crippen MR) is 76.6 cm³/mol. The molecule has 1 amide bonds. The number of rotatable bonds is 4. The van der Waals surface area contributed by atoms with Gasteiger partial charge >= 0.3 is 6.18 Å². The SMILES string of the molecule is CCC(C)n1nccc1NC(=O)c1cccc(C(F)(F)F)c1. The second-order valence-electron chi connectivity index (χ2n) is 4.95. The molecule has 4 nitrogen and oxygen atoms in total. The van der Waals surface area contributed by atoms with Gasteiger partial charge in [-0.15, -0.1) is 0 Å². The molecule has 1 aromatic heterocycles. The van der Waals surface area contributed by atoms with Gasteiger partial charge in [0.25, 0.3) is 5.91 Å².